The summed E-state index contributed by atoms with van der Waals surface area (Å²) in [6.45, 7) is 3.90. The number of anilines is 1. The average Bonchev–Trinajstić information content (AvgIpc) is 3.15. The number of sulfonamides is 1. The summed E-state index contributed by atoms with van der Waals surface area (Å²) in [5.74, 6) is 0.485. The Labute approximate surface area is 176 Å². The maximum absolute atomic E-state index is 12.9. The molecule has 0 radical (unpaired) electrons. The van der Waals surface area contributed by atoms with Gasteiger partial charge in [0.25, 0.3) is 5.91 Å². The molecule has 0 N–H and O–H groups in total. The highest BCUT2D eigenvalue weighted by Crippen LogP contribution is 2.24. The minimum Gasteiger partial charge on any atom is -0.337 e. The number of hydrogen-bond acceptors (Lipinski definition) is 6. The smallest absolute Gasteiger partial charge is 0.254 e. The zero-order valence-corrected chi connectivity index (χ0v) is 18.4. The van der Waals surface area contributed by atoms with Crippen molar-refractivity contribution in [1.29, 1.82) is 0 Å². The standard InChI is InChI=1S/C21H24N4O4S/c1-14-7-6-8-16(11-14)20-22-19(29-23-20)13-24(3)21(26)17-10-9-15(2)18(12-17)25(4)30(5,27)28/h6-12H,13H2,1-5H3. The molecule has 1 aromatic heterocycles. The molecule has 1 amide bonds. The van der Waals surface area contributed by atoms with Crippen molar-refractivity contribution in [1.82, 2.24) is 15.0 Å². The minimum atomic E-state index is -3.44. The molecule has 158 valence electrons. The van der Waals surface area contributed by atoms with Gasteiger partial charge in [0.05, 0.1) is 18.5 Å². The van der Waals surface area contributed by atoms with E-state index in [-0.39, 0.29) is 12.5 Å². The molecule has 3 aromatic rings. The molecule has 0 atom stereocenters. The molecule has 1 heterocycles. The van der Waals surface area contributed by atoms with Crippen molar-refractivity contribution in [3.63, 3.8) is 0 Å². The quantitative estimate of drug-likeness (QED) is 0.599. The molecule has 0 aliphatic heterocycles. The SMILES string of the molecule is Cc1cccc(-c2noc(CN(C)C(=O)c3ccc(C)c(N(C)S(C)(=O)=O)c3)n2)c1. The number of amides is 1. The summed E-state index contributed by atoms with van der Waals surface area (Å²) in [6, 6.07) is 12.7. The van der Waals surface area contributed by atoms with Gasteiger partial charge in [-0.05, 0) is 37.6 Å². The van der Waals surface area contributed by atoms with E-state index < -0.39 is 10.0 Å². The van der Waals surface area contributed by atoms with E-state index in [2.05, 4.69) is 10.1 Å². The first-order valence-corrected chi connectivity index (χ1v) is 11.1. The molecule has 0 aliphatic carbocycles. The van der Waals surface area contributed by atoms with Gasteiger partial charge in [0.1, 0.15) is 0 Å². The lowest BCUT2D eigenvalue weighted by Crippen LogP contribution is -2.28. The fraction of sp³-hybridized carbons (Fsp3) is 0.286. The number of aromatic nitrogens is 2. The van der Waals surface area contributed by atoms with Crippen molar-refractivity contribution >= 4 is 21.6 Å². The topological polar surface area (TPSA) is 96.6 Å². The molecule has 0 aliphatic rings. The Balaban J connectivity index is 1.78. The highest BCUT2D eigenvalue weighted by molar-refractivity contribution is 7.92. The van der Waals surface area contributed by atoms with Gasteiger partial charge in [0, 0.05) is 25.2 Å². The summed E-state index contributed by atoms with van der Waals surface area (Å²) >= 11 is 0. The summed E-state index contributed by atoms with van der Waals surface area (Å²) in [6.07, 6.45) is 1.12. The lowest BCUT2D eigenvalue weighted by atomic mass is 10.1. The normalized spacial score (nSPS) is 11.4. The number of hydrogen-bond donors (Lipinski definition) is 0. The Morgan fingerprint density at radius 2 is 1.83 bits per heavy atom. The summed E-state index contributed by atoms with van der Waals surface area (Å²) < 4.78 is 30.2. The third kappa shape index (κ3) is 4.68. The van der Waals surface area contributed by atoms with Gasteiger partial charge in [-0.3, -0.25) is 9.10 Å². The molecular weight excluding hydrogens is 404 g/mol. The second-order valence-corrected chi connectivity index (χ2v) is 9.29. The molecule has 0 saturated carbocycles. The predicted octanol–water partition coefficient (Wildman–Crippen LogP) is 3.02. The maximum atomic E-state index is 12.9. The van der Waals surface area contributed by atoms with Crippen LogP contribution in [0.3, 0.4) is 0 Å². The highest BCUT2D eigenvalue weighted by Gasteiger charge is 2.20. The van der Waals surface area contributed by atoms with Crippen LogP contribution >= 0.6 is 0 Å². The molecule has 3 rings (SSSR count). The van der Waals surface area contributed by atoms with Crippen molar-refractivity contribution in [3.05, 3.63) is 65.0 Å². The van der Waals surface area contributed by atoms with E-state index in [1.807, 2.05) is 31.2 Å². The van der Waals surface area contributed by atoms with Crippen molar-refractivity contribution in [2.24, 2.45) is 0 Å². The number of aryl methyl sites for hydroxylation is 2. The second kappa shape index (κ2) is 8.27. The monoisotopic (exact) mass is 428 g/mol. The maximum Gasteiger partial charge on any atom is 0.254 e. The van der Waals surface area contributed by atoms with Crippen LogP contribution in [0.1, 0.15) is 27.4 Å². The fourth-order valence-corrected chi connectivity index (χ4v) is 3.53. The summed E-state index contributed by atoms with van der Waals surface area (Å²) in [5, 5.41) is 3.99. The van der Waals surface area contributed by atoms with Gasteiger partial charge in [-0.1, -0.05) is 35.0 Å². The third-order valence-electron chi connectivity index (χ3n) is 4.76. The van der Waals surface area contributed by atoms with Crippen LogP contribution in [0.4, 0.5) is 5.69 Å². The first kappa shape index (κ1) is 21.5. The van der Waals surface area contributed by atoms with Gasteiger partial charge < -0.3 is 9.42 Å². The number of nitrogens with zero attached hydrogens (tertiary/aromatic N) is 4. The molecule has 0 saturated heterocycles. The van der Waals surface area contributed by atoms with Crippen LogP contribution in [0, 0.1) is 13.8 Å². The summed E-state index contributed by atoms with van der Waals surface area (Å²) in [4.78, 5) is 18.7. The molecule has 0 unspecified atom stereocenters. The summed E-state index contributed by atoms with van der Waals surface area (Å²) in [5.41, 5.74) is 3.50. The van der Waals surface area contributed by atoms with Crippen molar-refractivity contribution in [2.45, 2.75) is 20.4 Å². The molecule has 2 aromatic carbocycles. The fourth-order valence-electron chi connectivity index (χ4n) is 2.98. The van der Waals surface area contributed by atoms with Gasteiger partial charge in [-0.2, -0.15) is 4.98 Å². The Hall–Kier alpha value is -3.20. The van der Waals surface area contributed by atoms with Crippen LogP contribution in [0.15, 0.2) is 47.0 Å². The van der Waals surface area contributed by atoms with E-state index in [0.717, 1.165) is 27.3 Å². The van der Waals surface area contributed by atoms with Crippen LogP contribution in [-0.2, 0) is 16.6 Å². The largest absolute Gasteiger partial charge is 0.337 e. The zero-order chi connectivity index (χ0) is 22.1. The summed E-state index contributed by atoms with van der Waals surface area (Å²) in [7, 11) is -0.358. The van der Waals surface area contributed by atoms with E-state index in [1.165, 1.54) is 11.9 Å². The van der Waals surface area contributed by atoms with E-state index >= 15 is 0 Å². The average molecular weight is 429 g/mol. The lowest BCUT2D eigenvalue weighted by molar-refractivity contribution is 0.0769. The van der Waals surface area contributed by atoms with E-state index in [9.17, 15) is 13.2 Å². The highest BCUT2D eigenvalue weighted by atomic mass is 32.2. The van der Waals surface area contributed by atoms with Gasteiger partial charge in [0.15, 0.2) is 0 Å². The second-order valence-electron chi connectivity index (χ2n) is 7.27. The molecule has 0 spiro atoms. The zero-order valence-electron chi connectivity index (χ0n) is 17.6. The van der Waals surface area contributed by atoms with Crippen molar-refractivity contribution < 1.29 is 17.7 Å². The first-order valence-electron chi connectivity index (χ1n) is 9.26. The predicted molar refractivity (Wildman–Crippen MR) is 115 cm³/mol. The lowest BCUT2D eigenvalue weighted by Gasteiger charge is -2.21. The van der Waals surface area contributed by atoms with Crippen LogP contribution in [0.25, 0.3) is 11.4 Å². The van der Waals surface area contributed by atoms with Crippen molar-refractivity contribution in [2.75, 3.05) is 24.7 Å². The Morgan fingerprint density at radius 3 is 2.50 bits per heavy atom. The van der Waals surface area contributed by atoms with E-state index in [0.29, 0.717) is 23.0 Å². The number of carbonyl (C=O) groups is 1. The first-order chi connectivity index (χ1) is 14.1. The van der Waals surface area contributed by atoms with Crippen LogP contribution in [0.5, 0.6) is 0 Å². The van der Waals surface area contributed by atoms with Gasteiger partial charge in [0.2, 0.25) is 21.7 Å². The van der Waals surface area contributed by atoms with Crippen LogP contribution in [-0.4, -0.2) is 49.7 Å². The Bertz CT molecular complexity index is 1190. The Morgan fingerprint density at radius 1 is 1.10 bits per heavy atom. The van der Waals surface area contributed by atoms with Gasteiger partial charge in [-0.25, -0.2) is 8.42 Å². The minimum absolute atomic E-state index is 0.128. The molecule has 0 bridgehead atoms. The molecular formula is C21H24N4O4S. The number of carbonyl (C=O) groups excluding carboxylic acids is 1. The molecule has 9 heteroatoms. The third-order valence-corrected chi connectivity index (χ3v) is 5.95. The van der Waals surface area contributed by atoms with E-state index in [4.69, 9.17) is 4.52 Å². The number of rotatable bonds is 6. The molecule has 30 heavy (non-hydrogen) atoms. The van der Waals surface area contributed by atoms with Crippen LogP contribution in [0.2, 0.25) is 0 Å². The molecule has 8 nitrogen and oxygen atoms in total. The van der Waals surface area contributed by atoms with Gasteiger partial charge >= 0.3 is 0 Å². The number of benzene rings is 2. The van der Waals surface area contributed by atoms with Gasteiger partial charge in [-0.15, -0.1) is 0 Å². The van der Waals surface area contributed by atoms with Crippen molar-refractivity contribution in [3.8, 4) is 11.4 Å². The van der Waals surface area contributed by atoms with Crippen LogP contribution < -0.4 is 4.31 Å². The van der Waals surface area contributed by atoms with E-state index in [1.54, 1.807) is 32.2 Å². The molecule has 0 fully saturated rings. The Kier molecular flexibility index (Phi) is 5.93.